The van der Waals surface area contributed by atoms with Crippen LogP contribution < -0.4 is 0 Å². The molecule has 1 amide bonds. The molecule has 154 valence electrons. The van der Waals surface area contributed by atoms with Crippen molar-refractivity contribution < 1.29 is 14.3 Å². The van der Waals surface area contributed by atoms with Crippen molar-refractivity contribution in [2.45, 2.75) is 32.6 Å². The molecule has 0 aromatic heterocycles. The highest BCUT2D eigenvalue weighted by Crippen LogP contribution is 2.39. The van der Waals surface area contributed by atoms with Crippen molar-refractivity contribution in [3.8, 4) is 0 Å². The van der Waals surface area contributed by atoms with Gasteiger partial charge in [0.1, 0.15) is 11.8 Å². The standard InChI is InChI=1S/C23H24N4O3/c1-2-14-6-8-15(9-7-14)18-19-16(4-3-5-17(19)28)24-21-20(18)22(29)26-23(25-21)27-10-12-30-13-11-27/h6-9,20H,2-5,10-13H2,1H3. The van der Waals surface area contributed by atoms with E-state index in [1.807, 2.05) is 29.2 Å². The topological polar surface area (TPSA) is 83.7 Å². The number of aliphatic imine (C=N–C) groups is 3. The van der Waals surface area contributed by atoms with E-state index in [-0.39, 0.29) is 11.7 Å². The molecule has 3 aliphatic heterocycles. The number of carbonyl (C=O) groups excluding carboxylic acids is 2. The lowest BCUT2D eigenvalue weighted by molar-refractivity contribution is -0.118. The molecule has 1 aromatic rings. The van der Waals surface area contributed by atoms with E-state index in [2.05, 4.69) is 16.9 Å². The number of benzene rings is 1. The Morgan fingerprint density at radius 1 is 1.03 bits per heavy atom. The molecule has 1 saturated carbocycles. The van der Waals surface area contributed by atoms with Crippen LogP contribution in [-0.4, -0.2) is 60.4 Å². The molecule has 0 N–H and O–H groups in total. The van der Waals surface area contributed by atoms with Gasteiger partial charge in [-0.3, -0.25) is 9.59 Å². The van der Waals surface area contributed by atoms with Crippen LogP contribution in [0.15, 0.2) is 44.8 Å². The van der Waals surface area contributed by atoms with E-state index < -0.39 is 5.92 Å². The lowest BCUT2D eigenvalue weighted by Gasteiger charge is -2.33. The summed E-state index contributed by atoms with van der Waals surface area (Å²) in [6.07, 6.45) is 2.92. The van der Waals surface area contributed by atoms with E-state index in [9.17, 15) is 9.59 Å². The molecule has 0 radical (unpaired) electrons. The van der Waals surface area contributed by atoms with E-state index in [1.165, 1.54) is 5.56 Å². The van der Waals surface area contributed by atoms with Crippen molar-refractivity contribution >= 4 is 34.8 Å². The quantitative estimate of drug-likeness (QED) is 0.758. The number of guanidine groups is 1. The number of fused-ring (bicyclic) bond motifs is 2. The first-order chi connectivity index (χ1) is 14.7. The lowest BCUT2D eigenvalue weighted by atomic mass is 9.77. The van der Waals surface area contributed by atoms with Gasteiger partial charge >= 0.3 is 0 Å². The number of Topliss-reactive ketones (excluding diaryl/α,β-unsaturated/α-hetero) is 1. The van der Waals surface area contributed by atoms with Crippen molar-refractivity contribution in [3.05, 3.63) is 41.0 Å². The highest BCUT2D eigenvalue weighted by molar-refractivity contribution is 6.37. The van der Waals surface area contributed by atoms with Crippen molar-refractivity contribution in [2.75, 3.05) is 26.3 Å². The van der Waals surface area contributed by atoms with Crippen LogP contribution in [0.3, 0.4) is 0 Å². The first-order valence-electron chi connectivity index (χ1n) is 10.6. The number of morpholine rings is 1. The number of nitrogens with zero attached hydrogens (tertiary/aromatic N) is 4. The number of rotatable bonds is 2. The van der Waals surface area contributed by atoms with Crippen LogP contribution in [-0.2, 0) is 20.7 Å². The lowest BCUT2D eigenvalue weighted by Crippen LogP contribution is -2.44. The van der Waals surface area contributed by atoms with Crippen LogP contribution in [0.25, 0.3) is 5.57 Å². The molecule has 1 aromatic carbocycles. The van der Waals surface area contributed by atoms with Crippen LogP contribution in [0.2, 0.25) is 0 Å². The first-order valence-corrected chi connectivity index (χ1v) is 10.6. The molecular weight excluding hydrogens is 380 g/mol. The normalized spacial score (nSPS) is 24.1. The second-order valence-corrected chi connectivity index (χ2v) is 7.93. The number of hydrogen-bond donors (Lipinski definition) is 0. The number of amidine groups is 1. The summed E-state index contributed by atoms with van der Waals surface area (Å²) in [5, 5.41) is 0. The molecule has 1 aliphatic carbocycles. The van der Waals surface area contributed by atoms with Crippen molar-refractivity contribution in [2.24, 2.45) is 20.9 Å². The minimum absolute atomic E-state index is 0.0596. The summed E-state index contributed by atoms with van der Waals surface area (Å²) in [6.45, 7) is 4.57. The zero-order chi connectivity index (χ0) is 20.7. The number of ketones is 1. The van der Waals surface area contributed by atoms with Crippen LogP contribution in [0.1, 0.15) is 37.3 Å². The number of ether oxygens (including phenoxy) is 1. The number of amides is 1. The molecule has 2 fully saturated rings. The second kappa shape index (κ2) is 7.72. The van der Waals surface area contributed by atoms with Crippen molar-refractivity contribution in [3.63, 3.8) is 0 Å². The Morgan fingerprint density at radius 3 is 2.53 bits per heavy atom. The molecule has 0 spiro atoms. The van der Waals surface area contributed by atoms with Gasteiger partial charge in [0.25, 0.3) is 5.91 Å². The molecule has 1 unspecified atom stereocenters. The second-order valence-electron chi connectivity index (χ2n) is 7.93. The fourth-order valence-electron chi connectivity index (χ4n) is 4.47. The summed E-state index contributed by atoms with van der Waals surface area (Å²) in [4.78, 5) is 41.8. The average molecular weight is 404 g/mol. The van der Waals surface area contributed by atoms with Crippen LogP contribution in [0, 0.1) is 5.92 Å². The number of dihydropyridines is 1. The highest BCUT2D eigenvalue weighted by atomic mass is 16.5. The largest absolute Gasteiger partial charge is 0.378 e. The molecule has 0 bridgehead atoms. The Morgan fingerprint density at radius 2 is 1.80 bits per heavy atom. The molecule has 7 nitrogen and oxygen atoms in total. The monoisotopic (exact) mass is 404 g/mol. The Hall–Kier alpha value is -2.93. The SMILES string of the molecule is CCc1ccc(C2=C3C(=O)CCCC3=NC3=NC(N4CCOCC4)=NC(=O)C32)cc1. The van der Waals surface area contributed by atoms with Crippen LogP contribution in [0.5, 0.6) is 0 Å². The molecule has 4 aliphatic rings. The molecule has 30 heavy (non-hydrogen) atoms. The number of hydrogen-bond acceptors (Lipinski definition) is 6. The number of aryl methyl sites for hydroxylation is 1. The zero-order valence-electron chi connectivity index (χ0n) is 17.1. The maximum atomic E-state index is 13.2. The minimum Gasteiger partial charge on any atom is -0.378 e. The van der Waals surface area contributed by atoms with E-state index in [4.69, 9.17) is 9.73 Å². The average Bonchev–Trinajstić information content (AvgIpc) is 2.78. The molecule has 7 heteroatoms. The van der Waals surface area contributed by atoms with Crippen LogP contribution >= 0.6 is 0 Å². The summed E-state index contributed by atoms with van der Waals surface area (Å²) in [7, 11) is 0. The highest BCUT2D eigenvalue weighted by Gasteiger charge is 2.42. The summed E-state index contributed by atoms with van der Waals surface area (Å²) >= 11 is 0. The molecular formula is C23H24N4O3. The van der Waals surface area contributed by atoms with Gasteiger partial charge in [-0.05, 0) is 36.0 Å². The van der Waals surface area contributed by atoms with Gasteiger partial charge in [0.15, 0.2) is 5.78 Å². The Labute approximate surface area is 175 Å². The Bertz CT molecular complexity index is 1030. The number of allylic oxidation sites excluding steroid dienone is 1. The number of carbonyl (C=O) groups is 2. The van der Waals surface area contributed by atoms with Gasteiger partial charge in [0.05, 0.1) is 18.9 Å². The fraction of sp³-hybridized carbons (Fsp3) is 0.435. The van der Waals surface area contributed by atoms with Gasteiger partial charge < -0.3 is 9.64 Å². The molecule has 3 heterocycles. The molecule has 1 atom stereocenters. The third-order valence-corrected chi connectivity index (χ3v) is 6.09. The fourth-order valence-corrected chi connectivity index (χ4v) is 4.47. The minimum atomic E-state index is -0.719. The van der Waals surface area contributed by atoms with E-state index in [0.29, 0.717) is 50.1 Å². The van der Waals surface area contributed by atoms with Crippen molar-refractivity contribution in [1.82, 2.24) is 4.90 Å². The smallest absolute Gasteiger partial charge is 0.264 e. The molecule has 1 saturated heterocycles. The van der Waals surface area contributed by atoms with Gasteiger partial charge in [-0.15, -0.1) is 0 Å². The van der Waals surface area contributed by atoms with Gasteiger partial charge in [0.2, 0.25) is 5.96 Å². The van der Waals surface area contributed by atoms with Gasteiger partial charge in [-0.25, -0.2) is 4.99 Å². The predicted molar refractivity (Wildman–Crippen MR) is 115 cm³/mol. The summed E-state index contributed by atoms with van der Waals surface area (Å²) < 4.78 is 5.40. The summed E-state index contributed by atoms with van der Waals surface area (Å²) in [5.74, 6) is -0.0955. The third kappa shape index (κ3) is 3.23. The molecule has 5 rings (SSSR count). The van der Waals surface area contributed by atoms with E-state index in [0.717, 1.165) is 36.1 Å². The van der Waals surface area contributed by atoms with E-state index >= 15 is 0 Å². The summed E-state index contributed by atoms with van der Waals surface area (Å²) in [5.41, 5.74) is 4.17. The zero-order valence-corrected chi connectivity index (χ0v) is 17.1. The van der Waals surface area contributed by atoms with Gasteiger partial charge in [-0.1, -0.05) is 31.2 Å². The van der Waals surface area contributed by atoms with Gasteiger partial charge in [0, 0.05) is 25.1 Å². The van der Waals surface area contributed by atoms with E-state index in [1.54, 1.807) is 0 Å². The maximum absolute atomic E-state index is 13.2. The van der Waals surface area contributed by atoms with Crippen molar-refractivity contribution in [1.29, 1.82) is 0 Å². The Balaban J connectivity index is 1.62. The first kappa shape index (κ1) is 19.1. The Kier molecular flexibility index (Phi) is 4.90. The maximum Gasteiger partial charge on any atom is 0.264 e. The summed E-state index contributed by atoms with van der Waals surface area (Å²) in [6, 6.07) is 8.10. The van der Waals surface area contributed by atoms with Crippen LogP contribution in [0.4, 0.5) is 0 Å². The third-order valence-electron chi connectivity index (χ3n) is 6.09. The van der Waals surface area contributed by atoms with Gasteiger partial charge in [-0.2, -0.15) is 9.98 Å². The predicted octanol–water partition coefficient (Wildman–Crippen LogP) is 2.45.